The molecule has 0 spiro atoms. The SMILES string of the molecule is CCN(CC)Cc1cc(N=Nc2cc(OC)c(N=Nc3ccc([N+](=O)[O-])cc3)cc2OC)c2ccccc2c1O.Cl. The van der Waals surface area contributed by atoms with Crippen LogP contribution in [0.1, 0.15) is 19.4 Å². The maximum Gasteiger partial charge on any atom is 0.269 e. The molecule has 0 saturated heterocycles. The molecule has 12 heteroatoms. The van der Waals surface area contributed by atoms with E-state index in [2.05, 4.69) is 39.2 Å². The minimum Gasteiger partial charge on any atom is -0.507 e. The van der Waals surface area contributed by atoms with Crippen LogP contribution in [-0.2, 0) is 6.54 Å². The molecule has 0 unspecified atom stereocenters. The molecule has 4 aromatic rings. The molecule has 214 valence electrons. The third-order valence-electron chi connectivity index (χ3n) is 6.44. The van der Waals surface area contributed by atoms with Gasteiger partial charge in [-0.05, 0) is 31.3 Å². The van der Waals surface area contributed by atoms with Crippen LogP contribution in [-0.4, -0.2) is 42.2 Å². The highest BCUT2D eigenvalue weighted by molar-refractivity contribution is 5.97. The molecule has 4 rings (SSSR count). The Morgan fingerprint density at radius 1 is 0.805 bits per heavy atom. The van der Waals surface area contributed by atoms with Gasteiger partial charge in [0.15, 0.2) is 0 Å². The van der Waals surface area contributed by atoms with E-state index in [0.29, 0.717) is 46.2 Å². The summed E-state index contributed by atoms with van der Waals surface area (Å²) >= 11 is 0. The molecule has 0 aliphatic heterocycles. The van der Waals surface area contributed by atoms with Crippen molar-refractivity contribution < 1.29 is 19.5 Å². The molecule has 1 N–H and O–H groups in total. The Hall–Kier alpha value is -4.61. The summed E-state index contributed by atoms with van der Waals surface area (Å²) in [6.07, 6.45) is 0. The molecule has 0 fully saturated rings. The number of ether oxygens (including phenoxy) is 2. The molecular weight excluding hydrogens is 548 g/mol. The number of aromatic hydroxyl groups is 1. The normalized spacial score (nSPS) is 11.3. The molecule has 4 aromatic carbocycles. The second-order valence-corrected chi connectivity index (χ2v) is 8.78. The summed E-state index contributed by atoms with van der Waals surface area (Å²) in [4.78, 5) is 12.6. The van der Waals surface area contributed by atoms with Crippen LogP contribution in [0.15, 0.2) is 87.2 Å². The lowest BCUT2D eigenvalue weighted by atomic mass is 10.0. The Labute approximate surface area is 243 Å². The quantitative estimate of drug-likeness (QED) is 0.108. The topological polar surface area (TPSA) is 135 Å². The minimum atomic E-state index is -0.477. The Bertz CT molecular complexity index is 1570. The van der Waals surface area contributed by atoms with Crippen molar-refractivity contribution in [3.05, 3.63) is 82.4 Å². The highest BCUT2D eigenvalue weighted by Gasteiger charge is 2.15. The van der Waals surface area contributed by atoms with Crippen molar-refractivity contribution in [3.8, 4) is 17.2 Å². The van der Waals surface area contributed by atoms with Crippen LogP contribution in [0.2, 0.25) is 0 Å². The summed E-state index contributed by atoms with van der Waals surface area (Å²) in [5.41, 5.74) is 2.58. The smallest absolute Gasteiger partial charge is 0.269 e. The number of halogens is 1. The van der Waals surface area contributed by atoms with Crippen molar-refractivity contribution in [2.45, 2.75) is 20.4 Å². The van der Waals surface area contributed by atoms with Gasteiger partial charge in [0.25, 0.3) is 5.69 Å². The van der Waals surface area contributed by atoms with E-state index in [0.717, 1.165) is 24.0 Å². The number of fused-ring (bicyclic) bond motifs is 1. The lowest BCUT2D eigenvalue weighted by Crippen LogP contribution is -2.22. The molecule has 11 nitrogen and oxygen atoms in total. The van der Waals surface area contributed by atoms with Crippen LogP contribution >= 0.6 is 12.4 Å². The predicted octanol–water partition coefficient (Wildman–Crippen LogP) is 8.57. The van der Waals surface area contributed by atoms with Gasteiger partial charge in [0.05, 0.1) is 30.5 Å². The Kier molecular flexibility index (Phi) is 10.7. The average Bonchev–Trinajstić information content (AvgIpc) is 2.99. The number of azo groups is 2. The van der Waals surface area contributed by atoms with Gasteiger partial charge in [-0.1, -0.05) is 38.1 Å². The molecule has 0 saturated carbocycles. The fraction of sp³-hybridized carbons (Fsp3) is 0.241. The first kappa shape index (κ1) is 30.9. The summed E-state index contributed by atoms with van der Waals surface area (Å²) in [6, 6.07) is 18.4. The van der Waals surface area contributed by atoms with Gasteiger partial charge < -0.3 is 14.6 Å². The maximum absolute atomic E-state index is 11.0. The standard InChI is InChI=1S/C29H30N6O5.ClH/c1-5-34(6-2)18-19-15-24(22-9-7-8-10-23(22)29(19)36)31-33-26-17-27(39-3)25(16-28(26)40-4)32-30-20-11-13-21(14-12-20)35(37)38;/h7-17,36H,5-6,18H2,1-4H3;1H. The van der Waals surface area contributed by atoms with Gasteiger partial charge in [-0.2, -0.15) is 5.11 Å². The van der Waals surface area contributed by atoms with Crippen LogP contribution in [0.5, 0.6) is 17.2 Å². The van der Waals surface area contributed by atoms with Gasteiger partial charge in [-0.3, -0.25) is 15.0 Å². The molecular formula is C29H31ClN6O5. The Morgan fingerprint density at radius 2 is 1.34 bits per heavy atom. The number of nitro benzene ring substituents is 1. The number of non-ortho nitro benzene ring substituents is 1. The first-order valence-electron chi connectivity index (χ1n) is 12.7. The highest BCUT2D eigenvalue weighted by Crippen LogP contribution is 2.42. The fourth-order valence-electron chi connectivity index (χ4n) is 4.17. The number of benzene rings is 4. The number of nitro groups is 1. The summed E-state index contributed by atoms with van der Waals surface area (Å²) < 4.78 is 11.1. The zero-order valence-electron chi connectivity index (χ0n) is 23.1. The van der Waals surface area contributed by atoms with Crippen molar-refractivity contribution in [1.29, 1.82) is 0 Å². The lowest BCUT2D eigenvalue weighted by molar-refractivity contribution is -0.384. The van der Waals surface area contributed by atoms with Crippen LogP contribution in [0.3, 0.4) is 0 Å². The summed E-state index contributed by atoms with van der Waals surface area (Å²) in [5.74, 6) is 1.02. The van der Waals surface area contributed by atoms with E-state index in [4.69, 9.17) is 9.47 Å². The summed E-state index contributed by atoms with van der Waals surface area (Å²) in [6.45, 7) is 6.45. The zero-order valence-corrected chi connectivity index (χ0v) is 24.0. The number of nitrogens with zero attached hydrogens (tertiary/aromatic N) is 6. The number of phenols is 1. The second kappa shape index (κ2) is 14.1. The number of methoxy groups -OCH3 is 2. The van der Waals surface area contributed by atoms with Gasteiger partial charge in [0.2, 0.25) is 0 Å². The van der Waals surface area contributed by atoms with Gasteiger partial charge in [-0.15, -0.1) is 27.7 Å². The van der Waals surface area contributed by atoms with Gasteiger partial charge in [-0.25, -0.2) is 0 Å². The monoisotopic (exact) mass is 578 g/mol. The third kappa shape index (κ3) is 7.13. The van der Waals surface area contributed by atoms with Crippen LogP contribution in [0, 0.1) is 10.1 Å². The molecule has 41 heavy (non-hydrogen) atoms. The summed E-state index contributed by atoms with van der Waals surface area (Å²) in [5, 5.41) is 40.7. The van der Waals surface area contributed by atoms with E-state index in [9.17, 15) is 15.2 Å². The molecule has 0 amide bonds. The minimum absolute atomic E-state index is 0. The Morgan fingerprint density at radius 3 is 1.88 bits per heavy atom. The van der Waals surface area contributed by atoms with Crippen molar-refractivity contribution in [2.24, 2.45) is 20.5 Å². The number of rotatable bonds is 11. The fourth-order valence-corrected chi connectivity index (χ4v) is 4.17. The van der Waals surface area contributed by atoms with E-state index in [1.165, 1.54) is 38.5 Å². The van der Waals surface area contributed by atoms with E-state index in [1.54, 1.807) is 12.1 Å². The van der Waals surface area contributed by atoms with Crippen molar-refractivity contribution in [3.63, 3.8) is 0 Å². The summed E-state index contributed by atoms with van der Waals surface area (Å²) in [7, 11) is 3.01. The number of hydrogen-bond donors (Lipinski definition) is 1. The van der Waals surface area contributed by atoms with Gasteiger partial charge >= 0.3 is 0 Å². The maximum atomic E-state index is 11.0. The largest absolute Gasteiger partial charge is 0.507 e. The average molecular weight is 579 g/mol. The first-order chi connectivity index (χ1) is 19.4. The Balaban J connectivity index is 0.00000462. The van der Waals surface area contributed by atoms with E-state index in [-0.39, 0.29) is 23.8 Å². The molecule has 0 aromatic heterocycles. The highest BCUT2D eigenvalue weighted by atomic mass is 35.5. The van der Waals surface area contributed by atoms with Crippen LogP contribution in [0.4, 0.5) is 28.4 Å². The molecule has 0 radical (unpaired) electrons. The molecule has 0 aliphatic carbocycles. The van der Waals surface area contributed by atoms with Crippen LogP contribution in [0.25, 0.3) is 10.8 Å². The molecule has 0 bridgehead atoms. The first-order valence-corrected chi connectivity index (χ1v) is 12.7. The molecule has 0 aliphatic rings. The van der Waals surface area contributed by atoms with Crippen molar-refractivity contribution in [1.82, 2.24) is 4.90 Å². The van der Waals surface area contributed by atoms with Gasteiger partial charge in [0.1, 0.15) is 28.6 Å². The third-order valence-corrected chi connectivity index (χ3v) is 6.44. The number of hydrogen-bond acceptors (Lipinski definition) is 10. The second-order valence-electron chi connectivity index (χ2n) is 8.78. The van der Waals surface area contributed by atoms with Crippen molar-refractivity contribution in [2.75, 3.05) is 27.3 Å². The predicted molar refractivity (Wildman–Crippen MR) is 160 cm³/mol. The molecule has 0 atom stereocenters. The van der Waals surface area contributed by atoms with E-state index >= 15 is 0 Å². The zero-order chi connectivity index (χ0) is 28.6. The van der Waals surface area contributed by atoms with Crippen LogP contribution < -0.4 is 9.47 Å². The lowest BCUT2D eigenvalue weighted by Gasteiger charge is -2.19. The van der Waals surface area contributed by atoms with E-state index < -0.39 is 4.92 Å². The van der Waals surface area contributed by atoms with Crippen molar-refractivity contribution >= 4 is 51.6 Å². The van der Waals surface area contributed by atoms with E-state index in [1.807, 2.05) is 30.3 Å². The van der Waals surface area contributed by atoms with Gasteiger partial charge in [0, 0.05) is 47.1 Å². The number of phenolic OH excluding ortho intramolecular Hbond substituents is 1. The molecule has 0 heterocycles.